The van der Waals surface area contributed by atoms with Crippen LogP contribution in [0.5, 0.6) is 5.75 Å². The monoisotopic (exact) mass is 449 g/mol. The molecule has 28 heavy (non-hydrogen) atoms. The molecule has 2 aromatic rings. The highest BCUT2D eigenvalue weighted by Gasteiger charge is 2.24. The predicted octanol–water partition coefficient (Wildman–Crippen LogP) is 3.38. The maximum Gasteiger partial charge on any atom is 0.328 e. The summed E-state index contributed by atoms with van der Waals surface area (Å²) in [5.74, 6) is -0.473. The number of hydrogen-bond acceptors (Lipinski definition) is 5. The minimum absolute atomic E-state index is 0.238. The molecule has 0 spiro atoms. The van der Waals surface area contributed by atoms with Crippen molar-refractivity contribution < 1.29 is 23.8 Å². The standard InChI is InChI=1S/C21H24BrNO5/c1-3-27-21(25)18(13-15-7-5-4-6-8-15)23-20(24)17-14-16(22)9-10-19(17)28-12-11-26-2/h4-10,14,18H,3,11-13H2,1-2H3,(H,23,24). The average Bonchev–Trinajstić information content (AvgIpc) is 2.69. The Morgan fingerprint density at radius 2 is 1.86 bits per heavy atom. The maximum atomic E-state index is 12.9. The number of amides is 1. The molecule has 0 aliphatic carbocycles. The summed E-state index contributed by atoms with van der Waals surface area (Å²) in [6, 6.07) is 13.8. The maximum absolute atomic E-state index is 12.9. The third-order valence-electron chi connectivity index (χ3n) is 3.89. The fourth-order valence-electron chi connectivity index (χ4n) is 2.56. The van der Waals surface area contributed by atoms with Crippen molar-refractivity contribution in [3.63, 3.8) is 0 Å². The van der Waals surface area contributed by atoms with Gasteiger partial charge in [0, 0.05) is 18.0 Å². The SMILES string of the molecule is CCOC(=O)C(Cc1ccccc1)NC(=O)c1cc(Br)ccc1OCCOC. The molecule has 0 radical (unpaired) electrons. The smallest absolute Gasteiger partial charge is 0.328 e. The number of carbonyl (C=O) groups excluding carboxylic acids is 2. The lowest BCUT2D eigenvalue weighted by molar-refractivity contribution is -0.145. The quantitative estimate of drug-likeness (QED) is 0.444. The zero-order valence-electron chi connectivity index (χ0n) is 15.9. The van der Waals surface area contributed by atoms with E-state index in [9.17, 15) is 9.59 Å². The molecule has 1 N–H and O–H groups in total. The van der Waals surface area contributed by atoms with Gasteiger partial charge < -0.3 is 19.5 Å². The number of nitrogens with one attached hydrogen (secondary N) is 1. The number of ether oxygens (including phenoxy) is 3. The van der Waals surface area contributed by atoms with Crippen molar-refractivity contribution in [3.05, 3.63) is 64.1 Å². The lowest BCUT2D eigenvalue weighted by Crippen LogP contribution is -2.43. The van der Waals surface area contributed by atoms with Crippen LogP contribution in [-0.2, 0) is 20.7 Å². The second-order valence-electron chi connectivity index (χ2n) is 5.95. The molecule has 150 valence electrons. The zero-order valence-corrected chi connectivity index (χ0v) is 17.5. The van der Waals surface area contributed by atoms with Crippen molar-refractivity contribution in [2.24, 2.45) is 0 Å². The first-order valence-corrected chi connectivity index (χ1v) is 9.77. The summed E-state index contributed by atoms with van der Waals surface area (Å²) < 4.78 is 16.5. The Labute approximate surface area is 173 Å². The predicted molar refractivity (Wildman–Crippen MR) is 110 cm³/mol. The molecule has 1 amide bonds. The van der Waals surface area contributed by atoms with Gasteiger partial charge in [0.15, 0.2) is 0 Å². The molecule has 0 aliphatic heterocycles. The van der Waals surface area contributed by atoms with Crippen molar-refractivity contribution in [2.75, 3.05) is 26.9 Å². The summed E-state index contributed by atoms with van der Waals surface area (Å²) in [6.07, 6.45) is 0.333. The van der Waals surface area contributed by atoms with E-state index in [4.69, 9.17) is 14.2 Å². The number of benzene rings is 2. The molecule has 0 aliphatic rings. The van der Waals surface area contributed by atoms with Gasteiger partial charge in [0.05, 0.1) is 18.8 Å². The molecule has 0 fully saturated rings. The van der Waals surface area contributed by atoms with Crippen molar-refractivity contribution in [1.82, 2.24) is 5.32 Å². The summed E-state index contributed by atoms with van der Waals surface area (Å²) in [4.78, 5) is 25.3. The van der Waals surface area contributed by atoms with Crippen LogP contribution in [0.2, 0.25) is 0 Å². The van der Waals surface area contributed by atoms with Crippen LogP contribution in [-0.4, -0.2) is 44.8 Å². The highest BCUT2D eigenvalue weighted by molar-refractivity contribution is 9.10. The lowest BCUT2D eigenvalue weighted by Gasteiger charge is -2.19. The Morgan fingerprint density at radius 1 is 1.11 bits per heavy atom. The van der Waals surface area contributed by atoms with Crippen molar-refractivity contribution in [3.8, 4) is 5.75 Å². The number of halogens is 1. The molecule has 1 atom stereocenters. The summed E-state index contributed by atoms with van der Waals surface area (Å²) in [6.45, 7) is 2.68. The van der Waals surface area contributed by atoms with Crippen LogP contribution in [0.3, 0.4) is 0 Å². The number of esters is 1. The van der Waals surface area contributed by atoms with E-state index in [0.717, 1.165) is 10.0 Å². The molecule has 7 heteroatoms. The molecular weight excluding hydrogens is 426 g/mol. The molecule has 1 unspecified atom stereocenters. The van der Waals surface area contributed by atoms with Gasteiger partial charge in [0.1, 0.15) is 18.4 Å². The Bertz CT molecular complexity index is 782. The van der Waals surface area contributed by atoms with E-state index in [2.05, 4.69) is 21.2 Å². The van der Waals surface area contributed by atoms with E-state index in [1.165, 1.54) is 0 Å². The number of rotatable bonds is 10. The van der Waals surface area contributed by atoms with E-state index in [0.29, 0.717) is 30.9 Å². The number of carbonyl (C=O) groups is 2. The molecule has 0 heterocycles. The number of methoxy groups -OCH3 is 1. The van der Waals surface area contributed by atoms with Gasteiger partial charge in [-0.05, 0) is 30.7 Å². The lowest BCUT2D eigenvalue weighted by atomic mass is 10.1. The van der Waals surface area contributed by atoms with E-state index < -0.39 is 17.9 Å². The van der Waals surface area contributed by atoms with Gasteiger partial charge in [0.25, 0.3) is 5.91 Å². The minimum atomic E-state index is -0.805. The molecule has 0 saturated carbocycles. The van der Waals surface area contributed by atoms with Crippen molar-refractivity contribution in [1.29, 1.82) is 0 Å². The first-order valence-electron chi connectivity index (χ1n) is 8.97. The zero-order chi connectivity index (χ0) is 20.4. The first-order chi connectivity index (χ1) is 13.5. The minimum Gasteiger partial charge on any atom is -0.490 e. The van der Waals surface area contributed by atoms with E-state index in [1.54, 1.807) is 32.2 Å². The van der Waals surface area contributed by atoms with Crippen LogP contribution in [0.25, 0.3) is 0 Å². The Kier molecular flexibility index (Phi) is 8.97. The van der Waals surface area contributed by atoms with E-state index in [-0.39, 0.29) is 6.61 Å². The van der Waals surface area contributed by atoms with Crippen LogP contribution in [0.15, 0.2) is 53.0 Å². The van der Waals surface area contributed by atoms with Crippen molar-refractivity contribution in [2.45, 2.75) is 19.4 Å². The third-order valence-corrected chi connectivity index (χ3v) is 4.38. The molecular formula is C21H24BrNO5. The van der Waals surface area contributed by atoms with Gasteiger partial charge in [0.2, 0.25) is 0 Å². The van der Waals surface area contributed by atoms with Crippen molar-refractivity contribution >= 4 is 27.8 Å². The fraction of sp³-hybridized carbons (Fsp3) is 0.333. The van der Waals surface area contributed by atoms with E-state index >= 15 is 0 Å². The summed E-state index contributed by atoms with van der Waals surface area (Å²) in [5.41, 5.74) is 1.25. The summed E-state index contributed by atoms with van der Waals surface area (Å²) >= 11 is 3.37. The topological polar surface area (TPSA) is 73.9 Å². The second-order valence-corrected chi connectivity index (χ2v) is 6.87. The van der Waals surface area contributed by atoms with Crippen LogP contribution >= 0.6 is 15.9 Å². The Hall–Kier alpha value is -2.38. The third kappa shape index (κ3) is 6.65. The first kappa shape index (κ1) is 21.9. The largest absolute Gasteiger partial charge is 0.490 e. The normalized spacial score (nSPS) is 11.5. The van der Waals surface area contributed by atoms with E-state index in [1.807, 2.05) is 30.3 Å². The second kappa shape index (κ2) is 11.5. The van der Waals surface area contributed by atoms with Gasteiger partial charge >= 0.3 is 5.97 Å². The Balaban J connectivity index is 2.20. The van der Waals surface area contributed by atoms with Gasteiger partial charge in [-0.1, -0.05) is 46.3 Å². The molecule has 2 rings (SSSR count). The summed E-state index contributed by atoms with van der Waals surface area (Å²) in [5, 5.41) is 2.78. The molecule has 0 saturated heterocycles. The van der Waals surface area contributed by atoms with Gasteiger partial charge in [-0.15, -0.1) is 0 Å². The molecule has 0 bridgehead atoms. The van der Waals surface area contributed by atoms with Crippen LogP contribution in [0, 0.1) is 0 Å². The molecule has 0 aromatic heterocycles. The average molecular weight is 450 g/mol. The van der Waals surface area contributed by atoms with Crippen LogP contribution in [0.1, 0.15) is 22.8 Å². The summed E-state index contributed by atoms with van der Waals surface area (Å²) in [7, 11) is 1.58. The Morgan fingerprint density at radius 3 is 2.54 bits per heavy atom. The fourth-order valence-corrected chi connectivity index (χ4v) is 2.92. The van der Waals surface area contributed by atoms with Gasteiger partial charge in [-0.2, -0.15) is 0 Å². The van der Waals surface area contributed by atoms with Crippen LogP contribution < -0.4 is 10.1 Å². The molecule has 2 aromatic carbocycles. The van der Waals surface area contributed by atoms with Gasteiger partial charge in [-0.25, -0.2) is 4.79 Å². The highest BCUT2D eigenvalue weighted by atomic mass is 79.9. The number of hydrogen-bond donors (Lipinski definition) is 1. The highest BCUT2D eigenvalue weighted by Crippen LogP contribution is 2.23. The van der Waals surface area contributed by atoms with Crippen LogP contribution in [0.4, 0.5) is 0 Å². The molecule has 6 nitrogen and oxygen atoms in total. The van der Waals surface area contributed by atoms with Gasteiger partial charge in [-0.3, -0.25) is 4.79 Å².